The van der Waals surface area contributed by atoms with Crippen LogP contribution in [0.4, 0.5) is 8.78 Å². The van der Waals surface area contributed by atoms with Gasteiger partial charge in [-0.3, -0.25) is 14.2 Å². The molecule has 2 aliphatic carbocycles. The molecule has 2 saturated carbocycles. The van der Waals surface area contributed by atoms with E-state index in [2.05, 4.69) is 10.4 Å². The molecule has 31 heavy (non-hydrogen) atoms. The second-order valence-electron chi connectivity index (χ2n) is 8.25. The van der Waals surface area contributed by atoms with Crippen molar-refractivity contribution in [2.24, 2.45) is 5.92 Å². The van der Waals surface area contributed by atoms with Crippen molar-refractivity contribution >= 4 is 17.6 Å². The average Bonchev–Trinajstić information content (AvgIpc) is 3.43. The monoisotopic (exact) mass is 436 g/mol. The molecule has 2 aromatic rings. The van der Waals surface area contributed by atoms with E-state index >= 15 is 0 Å². The van der Waals surface area contributed by atoms with Crippen molar-refractivity contribution in [1.29, 1.82) is 0 Å². The third-order valence-corrected chi connectivity index (χ3v) is 5.84. The van der Waals surface area contributed by atoms with Gasteiger partial charge in [0.2, 0.25) is 11.8 Å². The van der Waals surface area contributed by atoms with Crippen molar-refractivity contribution in [2.75, 3.05) is 6.61 Å². The Hall–Kier alpha value is -2.91. The summed E-state index contributed by atoms with van der Waals surface area (Å²) in [7, 11) is 0. The topological polar surface area (TPSA) is 97.9 Å². The van der Waals surface area contributed by atoms with Crippen molar-refractivity contribution in [3.8, 4) is 5.88 Å². The highest BCUT2D eigenvalue weighted by Crippen LogP contribution is 2.37. The third-order valence-electron chi connectivity index (χ3n) is 5.84. The summed E-state index contributed by atoms with van der Waals surface area (Å²) < 4.78 is 34.9. The molecule has 2 fully saturated rings. The highest BCUT2D eigenvalue weighted by molar-refractivity contribution is 5.96. The molecule has 0 spiro atoms. The van der Waals surface area contributed by atoms with Crippen LogP contribution >= 0.6 is 0 Å². The summed E-state index contributed by atoms with van der Waals surface area (Å²) in [5.41, 5.74) is -0.313. The Labute approximate surface area is 177 Å². The van der Waals surface area contributed by atoms with E-state index < -0.39 is 23.3 Å². The molecule has 0 aromatic carbocycles. The van der Waals surface area contributed by atoms with Crippen LogP contribution in [0.3, 0.4) is 0 Å². The quantitative estimate of drug-likeness (QED) is 0.651. The standard InChI is InChI=1S/C21H26F2N4O4/c1-2-31-10-7-14-11-24-27-18(14)26(12-13-5-8-21(22,23)9-6-13)19(29)16(20(27)30)17(28)25-15-3-4-15/h7,10-11,13,15,29H,2-6,8-9,12H2,1H3,(H,25,28). The smallest absolute Gasteiger partial charge is 0.291 e. The highest BCUT2D eigenvalue weighted by atomic mass is 19.3. The Bertz CT molecular complexity index is 1060. The number of hydrogen-bond donors (Lipinski definition) is 2. The van der Waals surface area contributed by atoms with Gasteiger partial charge < -0.3 is 15.2 Å². The minimum Gasteiger partial charge on any atom is -0.501 e. The summed E-state index contributed by atoms with van der Waals surface area (Å²) in [6.45, 7) is 2.47. The molecule has 2 heterocycles. The van der Waals surface area contributed by atoms with Gasteiger partial charge in [-0.1, -0.05) is 0 Å². The van der Waals surface area contributed by atoms with Crippen LogP contribution in [0, 0.1) is 5.92 Å². The lowest BCUT2D eigenvalue weighted by molar-refractivity contribution is -0.0473. The molecule has 0 radical (unpaired) electrons. The lowest BCUT2D eigenvalue weighted by Gasteiger charge is -2.29. The number of ether oxygens (including phenoxy) is 1. The normalized spacial score (nSPS) is 19.2. The fourth-order valence-electron chi connectivity index (χ4n) is 3.94. The van der Waals surface area contributed by atoms with Gasteiger partial charge in [0.1, 0.15) is 5.65 Å². The van der Waals surface area contributed by atoms with Crippen molar-refractivity contribution < 1.29 is 23.4 Å². The molecule has 168 valence electrons. The second kappa shape index (κ2) is 8.32. The third kappa shape index (κ3) is 4.42. The lowest BCUT2D eigenvalue weighted by atomic mass is 9.86. The number of halogens is 2. The minimum atomic E-state index is -2.67. The number of alkyl halides is 2. The minimum absolute atomic E-state index is 0.00155. The molecule has 1 amide bonds. The predicted molar refractivity (Wildman–Crippen MR) is 109 cm³/mol. The van der Waals surface area contributed by atoms with Gasteiger partial charge in [-0.25, -0.2) is 8.78 Å². The zero-order valence-electron chi connectivity index (χ0n) is 17.3. The number of amides is 1. The first-order chi connectivity index (χ1) is 14.8. The molecule has 4 rings (SSSR count). The van der Waals surface area contributed by atoms with Gasteiger partial charge in [-0.2, -0.15) is 9.61 Å². The first-order valence-corrected chi connectivity index (χ1v) is 10.6. The summed E-state index contributed by atoms with van der Waals surface area (Å²) >= 11 is 0. The van der Waals surface area contributed by atoms with Crippen molar-refractivity contribution in [1.82, 2.24) is 19.5 Å². The van der Waals surface area contributed by atoms with E-state index in [-0.39, 0.29) is 49.8 Å². The number of rotatable bonds is 7. The number of carbonyl (C=O) groups is 1. The van der Waals surface area contributed by atoms with E-state index in [9.17, 15) is 23.5 Å². The van der Waals surface area contributed by atoms with Gasteiger partial charge in [0, 0.05) is 31.0 Å². The number of carbonyl (C=O) groups excluding carboxylic acids is 1. The summed E-state index contributed by atoms with van der Waals surface area (Å²) in [5.74, 6) is -3.93. The molecule has 0 aliphatic heterocycles. The largest absolute Gasteiger partial charge is 0.501 e. The SMILES string of the molecule is CCOC=Cc1cnn2c(=O)c(C(=O)NC3CC3)c(O)n(CC3CCC(F)(F)CC3)c12. The van der Waals surface area contributed by atoms with E-state index in [1.807, 2.05) is 6.92 Å². The second-order valence-corrected chi connectivity index (χ2v) is 8.25. The van der Waals surface area contributed by atoms with Crippen LogP contribution in [0.25, 0.3) is 11.7 Å². The number of nitrogens with one attached hydrogen (secondary N) is 1. The van der Waals surface area contributed by atoms with E-state index in [1.54, 1.807) is 6.08 Å². The van der Waals surface area contributed by atoms with Crippen molar-refractivity contribution in [3.05, 3.63) is 33.9 Å². The first-order valence-electron chi connectivity index (χ1n) is 10.6. The first kappa shape index (κ1) is 21.3. The lowest BCUT2D eigenvalue weighted by Crippen LogP contribution is -2.35. The van der Waals surface area contributed by atoms with Gasteiger partial charge in [0.25, 0.3) is 11.5 Å². The average molecular weight is 436 g/mol. The summed E-state index contributed by atoms with van der Waals surface area (Å²) in [6.07, 6.45) is 6.29. The van der Waals surface area contributed by atoms with E-state index in [0.717, 1.165) is 17.4 Å². The Morgan fingerprint density at radius 1 is 1.35 bits per heavy atom. The van der Waals surface area contributed by atoms with Gasteiger partial charge in [-0.15, -0.1) is 0 Å². The van der Waals surface area contributed by atoms with Gasteiger partial charge in [-0.05, 0) is 44.6 Å². The van der Waals surface area contributed by atoms with Crippen molar-refractivity contribution in [3.63, 3.8) is 0 Å². The van der Waals surface area contributed by atoms with Crippen LogP contribution < -0.4 is 10.9 Å². The van der Waals surface area contributed by atoms with Crippen LogP contribution in [0.2, 0.25) is 0 Å². The molecule has 2 N–H and O–H groups in total. The van der Waals surface area contributed by atoms with E-state index in [0.29, 0.717) is 17.8 Å². The maximum absolute atomic E-state index is 13.6. The summed E-state index contributed by atoms with van der Waals surface area (Å²) in [4.78, 5) is 25.6. The van der Waals surface area contributed by atoms with Crippen LogP contribution in [-0.2, 0) is 11.3 Å². The Morgan fingerprint density at radius 2 is 2.06 bits per heavy atom. The van der Waals surface area contributed by atoms with E-state index in [1.165, 1.54) is 17.0 Å². The molecule has 0 unspecified atom stereocenters. The fourth-order valence-corrected chi connectivity index (χ4v) is 3.94. The Kier molecular flexibility index (Phi) is 5.72. The van der Waals surface area contributed by atoms with Crippen LogP contribution in [-0.4, -0.2) is 43.8 Å². The molecule has 10 heteroatoms. The Morgan fingerprint density at radius 3 is 2.71 bits per heavy atom. The number of hydrogen-bond acceptors (Lipinski definition) is 5. The molecule has 2 aromatic heterocycles. The van der Waals surface area contributed by atoms with Gasteiger partial charge >= 0.3 is 0 Å². The number of aromatic nitrogens is 3. The molecule has 0 saturated heterocycles. The van der Waals surface area contributed by atoms with Crippen LogP contribution in [0.15, 0.2) is 17.3 Å². The maximum atomic E-state index is 13.6. The van der Waals surface area contributed by atoms with Crippen LogP contribution in [0.5, 0.6) is 5.88 Å². The Balaban J connectivity index is 1.78. The molecule has 0 atom stereocenters. The summed E-state index contributed by atoms with van der Waals surface area (Å²) in [5, 5.41) is 17.8. The number of aromatic hydroxyl groups is 1. The van der Waals surface area contributed by atoms with Gasteiger partial charge in [0.15, 0.2) is 5.56 Å². The molecule has 0 bridgehead atoms. The molecular formula is C21H26F2N4O4. The number of nitrogens with zero attached hydrogens (tertiary/aromatic N) is 3. The highest BCUT2D eigenvalue weighted by Gasteiger charge is 2.36. The van der Waals surface area contributed by atoms with Crippen molar-refractivity contribution in [2.45, 2.75) is 64.0 Å². The maximum Gasteiger partial charge on any atom is 0.291 e. The van der Waals surface area contributed by atoms with Gasteiger partial charge in [0.05, 0.1) is 19.1 Å². The summed E-state index contributed by atoms with van der Waals surface area (Å²) in [6, 6.07) is -0.00155. The fraction of sp³-hybridized carbons (Fsp3) is 0.571. The molecule has 2 aliphatic rings. The molecule has 8 nitrogen and oxygen atoms in total. The molecular weight excluding hydrogens is 410 g/mol. The zero-order chi connectivity index (χ0) is 22.2. The van der Waals surface area contributed by atoms with E-state index in [4.69, 9.17) is 4.74 Å². The number of fused-ring (bicyclic) bond motifs is 1. The zero-order valence-corrected chi connectivity index (χ0v) is 17.3. The predicted octanol–water partition coefficient (Wildman–Crippen LogP) is 2.93. The van der Waals surface area contributed by atoms with Crippen LogP contribution in [0.1, 0.15) is 61.4 Å².